The highest BCUT2D eigenvalue weighted by molar-refractivity contribution is 5.82. The second-order valence-corrected chi connectivity index (χ2v) is 6.45. The lowest BCUT2D eigenvalue weighted by Gasteiger charge is -2.26. The molecule has 3 heteroatoms. The molecule has 3 nitrogen and oxygen atoms in total. The number of nitrogens with zero attached hydrogens (tertiary/aromatic N) is 1. The number of carbonyl (C=O) groups excluding carboxylic acids is 1. The Balaban J connectivity index is 1.57. The van der Waals surface area contributed by atoms with Crippen LogP contribution in [-0.4, -0.2) is 29.0 Å². The molecule has 2 fully saturated rings. The van der Waals surface area contributed by atoms with Gasteiger partial charge in [-0.1, -0.05) is 18.6 Å². The second kappa shape index (κ2) is 5.12. The summed E-state index contributed by atoms with van der Waals surface area (Å²) in [6, 6.07) is 7.46. The van der Waals surface area contributed by atoms with Crippen molar-refractivity contribution in [1.82, 2.24) is 4.90 Å². The molecule has 0 unspecified atom stereocenters. The van der Waals surface area contributed by atoms with Gasteiger partial charge in [-0.05, 0) is 55.7 Å². The zero-order valence-corrected chi connectivity index (χ0v) is 12.2. The van der Waals surface area contributed by atoms with Crippen LogP contribution in [0.4, 0.5) is 0 Å². The van der Waals surface area contributed by atoms with Crippen molar-refractivity contribution in [2.75, 3.05) is 7.05 Å². The minimum atomic E-state index is 0.202. The van der Waals surface area contributed by atoms with Gasteiger partial charge >= 0.3 is 0 Å². The van der Waals surface area contributed by atoms with Gasteiger partial charge in [0.15, 0.2) is 0 Å². The van der Waals surface area contributed by atoms with Crippen molar-refractivity contribution in [3.05, 3.63) is 29.8 Å². The SMILES string of the molecule is C[C@H](Cc1ccc(O)cc1)N(C)C(=O)C1[C@@H]2CCC[C@@H]12. The lowest BCUT2D eigenvalue weighted by Crippen LogP contribution is -2.38. The first-order chi connectivity index (χ1) is 9.58. The number of phenols is 1. The summed E-state index contributed by atoms with van der Waals surface area (Å²) in [5.41, 5.74) is 1.16. The number of hydrogen-bond acceptors (Lipinski definition) is 2. The molecule has 3 rings (SSSR count). The van der Waals surface area contributed by atoms with Crippen molar-refractivity contribution in [1.29, 1.82) is 0 Å². The molecule has 1 N–H and O–H groups in total. The van der Waals surface area contributed by atoms with Crippen LogP contribution in [0.1, 0.15) is 31.7 Å². The molecule has 0 saturated heterocycles. The summed E-state index contributed by atoms with van der Waals surface area (Å²) in [7, 11) is 1.93. The van der Waals surface area contributed by atoms with Crippen molar-refractivity contribution in [2.24, 2.45) is 17.8 Å². The lowest BCUT2D eigenvalue weighted by atomic mass is 10.0. The predicted molar refractivity (Wildman–Crippen MR) is 78.4 cm³/mol. The van der Waals surface area contributed by atoms with E-state index >= 15 is 0 Å². The number of rotatable bonds is 4. The van der Waals surface area contributed by atoms with Gasteiger partial charge in [-0.2, -0.15) is 0 Å². The Morgan fingerprint density at radius 3 is 2.50 bits per heavy atom. The van der Waals surface area contributed by atoms with Crippen LogP contribution in [0.5, 0.6) is 5.75 Å². The standard InChI is InChI=1S/C17H23NO2/c1-11(10-12-6-8-13(19)9-7-12)18(2)17(20)16-14-4-3-5-15(14)16/h6-9,11,14-16,19H,3-5,10H2,1-2H3/t11-,14-,15-/m1/s1. The number of carbonyl (C=O) groups is 1. The van der Waals surface area contributed by atoms with E-state index in [2.05, 4.69) is 6.92 Å². The maximum absolute atomic E-state index is 12.5. The number of fused-ring (bicyclic) bond motifs is 1. The molecule has 108 valence electrons. The first-order valence-corrected chi connectivity index (χ1v) is 7.62. The lowest BCUT2D eigenvalue weighted by molar-refractivity contribution is -0.133. The smallest absolute Gasteiger partial charge is 0.226 e. The van der Waals surface area contributed by atoms with Crippen molar-refractivity contribution in [2.45, 2.75) is 38.6 Å². The van der Waals surface area contributed by atoms with E-state index in [9.17, 15) is 9.90 Å². The van der Waals surface area contributed by atoms with E-state index < -0.39 is 0 Å². The Morgan fingerprint density at radius 2 is 1.90 bits per heavy atom. The Morgan fingerprint density at radius 1 is 1.30 bits per heavy atom. The number of benzene rings is 1. The van der Waals surface area contributed by atoms with Gasteiger partial charge < -0.3 is 10.0 Å². The molecule has 2 aliphatic rings. The van der Waals surface area contributed by atoms with Crippen LogP contribution in [0.15, 0.2) is 24.3 Å². The van der Waals surface area contributed by atoms with Crippen molar-refractivity contribution in [3.8, 4) is 5.75 Å². The molecular formula is C17H23NO2. The monoisotopic (exact) mass is 273 g/mol. The minimum Gasteiger partial charge on any atom is -0.508 e. The molecule has 1 aromatic rings. The summed E-state index contributed by atoms with van der Waals surface area (Å²) >= 11 is 0. The number of amides is 1. The van der Waals surface area contributed by atoms with Crippen LogP contribution in [0.2, 0.25) is 0 Å². The Bertz CT molecular complexity index is 486. The molecular weight excluding hydrogens is 250 g/mol. The highest BCUT2D eigenvalue weighted by Gasteiger charge is 2.57. The average Bonchev–Trinajstić information content (AvgIpc) is 2.92. The summed E-state index contributed by atoms with van der Waals surface area (Å²) in [6.07, 6.45) is 4.65. The number of likely N-dealkylation sites (N-methyl/N-ethyl adjacent to an activating group) is 1. The van der Waals surface area contributed by atoms with Crippen LogP contribution in [0, 0.1) is 17.8 Å². The van der Waals surface area contributed by atoms with Crippen molar-refractivity contribution < 1.29 is 9.90 Å². The van der Waals surface area contributed by atoms with Crippen molar-refractivity contribution >= 4 is 5.91 Å². The Labute approximate surface area is 120 Å². The molecule has 0 spiro atoms. The molecule has 20 heavy (non-hydrogen) atoms. The van der Waals surface area contributed by atoms with E-state index in [1.165, 1.54) is 19.3 Å². The van der Waals surface area contributed by atoms with Gasteiger partial charge in [0.2, 0.25) is 5.91 Å². The fourth-order valence-electron chi connectivity index (χ4n) is 3.75. The fourth-order valence-corrected chi connectivity index (χ4v) is 3.75. The minimum absolute atomic E-state index is 0.202. The van der Waals surface area contributed by atoms with Crippen LogP contribution in [0.3, 0.4) is 0 Å². The quantitative estimate of drug-likeness (QED) is 0.916. The normalized spacial score (nSPS) is 28.8. The van der Waals surface area contributed by atoms with E-state index in [1.54, 1.807) is 12.1 Å². The van der Waals surface area contributed by atoms with E-state index in [1.807, 2.05) is 24.1 Å². The first-order valence-electron chi connectivity index (χ1n) is 7.62. The molecule has 3 atom stereocenters. The van der Waals surface area contributed by atoms with E-state index in [4.69, 9.17) is 0 Å². The van der Waals surface area contributed by atoms with Gasteiger partial charge in [-0.3, -0.25) is 4.79 Å². The van der Waals surface area contributed by atoms with Gasteiger partial charge in [0.25, 0.3) is 0 Å². The summed E-state index contributed by atoms with van der Waals surface area (Å²) in [5, 5.41) is 9.30. The van der Waals surface area contributed by atoms with Crippen LogP contribution in [0.25, 0.3) is 0 Å². The van der Waals surface area contributed by atoms with E-state index in [0.717, 1.165) is 12.0 Å². The van der Waals surface area contributed by atoms with Crippen molar-refractivity contribution in [3.63, 3.8) is 0 Å². The summed E-state index contributed by atoms with van der Waals surface area (Å²) < 4.78 is 0. The third-order valence-corrected chi connectivity index (χ3v) is 5.17. The molecule has 0 aromatic heterocycles. The van der Waals surface area contributed by atoms with Gasteiger partial charge in [-0.25, -0.2) is 0 Å². The van der Waals surface area contributed by atoms with Gasteiger partial charge in [0.05, 0.1) is 0 Å². The first kappa shape index (κ1) is 13.5. The largest absolute Gasteiger partial charge is 0.508 e. The van der Waals surface area contributed by atoms with Crippen LogP contribution in [-0.2, 0) is 11.2 Å². The topological polar surface area (TPSA) is 40.5 Å². The van der Waals surface area contributed by atoms with E-state index in [-0.39, 0.29) is 11.8 Å². The molecule has 2 saturated carbocycles. The highest BCUT2D eigenvalue weighted by Crippen LogP contribution is 2.58. The molecule has 0 bridgehead atoms. The molecule has 1 amide bonds. The van der Waals surface area contributed by atoms with Gasteiger partial charge in [0.1, 0.15) is 5.75 Å². The summed E-state index contributed by atoms with van der Waals surface area (Å²) in [5.74, 6) is 2.32. The number of hydrogen-bond donors (Lipinski definition) is 1. The highest BCUT2D eigenvalue weighted by atomic mass is 16.3. The molecule has 0 heterocycles. The van der Waals surface area contributed by atoms with Crippen LogP contribution >= 0.6 is 0 Å². The average molecular weight is 273 g/mol. The Hall–Kier alpha value is -1.51. The molecule has 2 aliphatic carbocycles. The van der Waals surface area contributed by atoms with Crippen LogP contribution < -0.4 is 0 Å². The number of aromatic hydroxyl groups is 1. The predicted octanol–water partition coefficient (Wildman–Crippen LogP) is 2.83. The van der Waals surface area contributed by atoms with Gasteiger partial charge in [0, 0.05) is 19.0 Å². The van der Waals surface area contributed by atoms with Gasteiger partial charge in [-0.15, -0.1) is 0 Å². The second-order valence-electron chi connectivity index (χ2n) is 6.45. The maximum Gasteiger partial charge on any atom is 0.226 e. The zero-order chi connectivity index (χ0) is 14.3. The fraction of sp³-hybridized carbons (Fsp3) is 0.588. The Kier molecular flexibility index (Phi) is 3.45. The third kappa shape index (κ3) is 2.41. The number of phenolic OH excluding ortho intramolecular Hbond substituents is 1. The third-order valence-electron chi connectivity index (χ3n) is 5.17. The maximum atomic E-state index is 12.5. The summed E-state index contributed by atoms with van der Waals surface area (Å²) in [6.45, 7) is 2.10. The zero-order valence-electron chi connectivity index (χ0n) is 12.2. The van der Waals surface area contributed by atoms with E-state index in [0.29, 0.717) is 23.7 Å². The molecule has 1 aromatic carbocycles. The molecule has 0 aliphatic heterocycles. The summed E-state index contributed by atoms with van der Waals surface area (Å²) in [4.78, 5) is 14.4. The molecule has 0 radical (unpaired) electrons.